The van der Waals surface area contributed by atoms with Crippen molar-refractivity contribution in [3.8, 4) is 0 Å². The van der Waals surface area contributed by atoms with Crippen molar-refractivity contribution in [3.05, 3.63) is 0 Å². The quantitative estimate of drug-likeness (QED) is 0.0385. The molecule has 25 nitrogen and oxygen atoms in total. The molecule has 1 rings (SSSR count). The fraction of sp³-hybridized carbons (Fsp3) is 0.667. The molecule has 9 amide bonds. The Morgan fingerprint density at radius 3 is 1.53 bits per heavy atom. The second-order valence-corrected chi connectivity index (χ2v) is 13.6. The van der Waals surface area contributed by atoms with Gasteiger partial charge in [-0.25, -0.2) is 0 Å². The molecule has 1 aliphatic rings. The molecule has 326 valence electrons. The van der Waals surface area contributed by atoms with Gasteiger partial charge >= 0.3 is 11.9 Å². The van der Waals surface area contributed by atoms with Crippen LogP contribution in [0, 0.1) is 0 Å². The summed E-state index contributed by atoms with van der Waals surface area (Å²) in [6.45, 7) is 3.26. The Kier molecular flexibility index (Phi) is 21.3. The molecule has 0 saturated carbocycles. The van der Waals surface area contributed by atoms with E-state index in [2.05, 4.69) is 42.5 Å². The van der Waals surface area contributed by atoms with E-state index in [4.69, 9.17) is 16.6 Å². The van der Waals surface area contributed by atoms with Crippen LogP contribution in [-0.2, 0) is 52.7 Å². The van der Waals surface area contributed by atoms with Crippen LogP contribution in [0.15, 0.2) is 0 Å². The fourth-order valence-corrected chi connectivity index (χ4v) is 5.35. The molecular weight excluding hydrogens is 776 g/mol. The second-order valence-electron chi connectivity index (χ2n) is 13.6. The van der Waals surface area contributed by atoms with Gasteiger partial charge in [0.05, 0.1) is 24.8 Å². The molecule has 0 unspecified atom stereocenters. The van der Waals surface area contributed by atoms with Crippen LogP contribution in [0.5, 0.6) is 0 Å². The van der Waals surface area contributed by atoms with Crippen LogP contribution in [0.2, 0.25) is 0 Å². The highest BCUT2D eigenvalue weighted by Crippen LogP contribution is 2.07. The Morgan fingerprint density at radius 1 is 0.621 bits per heavy atom. The SMILES string of the molecule is C[C@H](NC(=O)[C@@H]1CCCN1)C(=O)N[C@@H](CCC(=O)O)C(=O)N[C@H](C(=O)NCC(=O)N[C@@H](CCC(N)=O)C(=O)N[C@@H](CCC(=O)O)C(=O)N[C@H](C(N)=O)[C@@H](C)O)[C@@H](C)O. The van der Waals surface area contributed by atoms with Crippen molar-refractivity contribution in [3.63, 3.8) is 0 Å². The standard InChI is InChI=1S/C33H54N10O15/c1-14(38-29(54)17-5-4-12-36-17)28(53)40-19(7-10-23(48)49)32(57)43-26(16(3)45)33(58)37-13-22(47)39-18(6-9-21(34)46)30(55)41-20(8-11-24(50)51)31(56)42-25(15(2)44)27(35)52/h14-20,25-26,36,44-45H,4-13H2,1-3H3,(H2,34,46)(H2,35,52)(H,37,58)(H,38,54)(H,39,47)(H,40,53)(H,41,55)(H,42,56)(H,43,57)(H,48,49)(H,50,51)/t14-,15+,16+,17-,18-,19-,20-,25-,26-/m0/s1. The van der Waals surface area contributed by atoms with E-state index in [1.54, 1.807) is 0 Å². The van der Waals surface area contributed by atoms with E-state index >= 15 is 0 Å². The molecule has 0 aromatic carbocycles. The highest BCUT2D eigenvalue weighted by Gasteiger charge is 2.34. The molecule has 0 aromatic rings. The monoisotopic (exact) mass is 830 g/mol. The van der Waals surface area contributed by atoms with E-state index in [1.807, 2.05) is 0 Å². The van der Waals surface area contributed by atoms with E-state index < -0.39 is 165 Å². The van der Waals surface area contributed by atoms with Crippen LogP contribution in [-0.4, -0.2) is 153 Å². The molecule has 25 heteroatoms. The third kappa shape index (κ3) is 18.3. The Balaban J connectivity index is 3.06. The largest absolute Gasteiger partial charge is 0.481 e. The molecule has 9 atom stereocenters. The number of hydrogen-bond acceptors (Lipinski definition) is 14. The molecule has 58 heavy (non-hydrogen) atoms. The Bertz CT molecular complexity index is 1540. The summed E-state index contributed by atoms with van der Waals surface area (Å²) in [5.74, 6) is -11.7. The van der Waals surface area contributed by atoms with Crippen LogP contribution in [0.4, 0.5) is 0 Å². The smallest absolute Gasteiger partial charge is 0.303 e. The summed E-state index contributed by atoms with van der Waals surface area (Å²) in [5, 5.41) is 57.0. The summed E-state index contributed by atoms with van der Waals surface area (Å²) in [4.78, 5) is 136. The first-order valence-electron chi connectivity index (χ1n) is 18.2. The zero-order valence-corrected chi connectivity index (χ0v) is 32.2. The molecule has 0 bridgehead atoms. The topological polar surface area (TPSA) is 417 Å². The van der Waals surface area contributed by atoms with Gasteiger partial charge in [0, 0.05) is 19.3 Å². The minimum Gasteiger partial charge on any atom is -0.481 e. The highest BCUT2D eigenvalue weighted by molar-refractivity contribution is 5.97. The normalized spacial score (nSPS) is 17.6. The van der Waals surface area contributed by atoms with Crippen LogP contribution < -0.4 is 54.0 Å². The second kappa shape index (κ2) is 24.6. The molecular formula is C33H54N10O15. The number of carboxylic acids is 2. The van der Waals surface area contributed by atoms with Gasteiger partial charge in [-0.3, -0.25) is 52.7 Å². The van der Waals surface area contributed by atoms with Crippen molar-refractivity contribution in [1.82, 2.24) is 42.5 Å². The Hall–Kier alpha value is -5.95. The summed E-state index contributed by atoms with van der Waals surface area (Å²) in [6.07, 6.45) is -5.03. The molecule has 0 aromatic heterocycles. The number of aliphatic carboxylic acids is 2. The van der Waals surface area contributed by atoms with Crippen LogP contribution in [0.3, 0.4) is 0 Å². The number of primary amides is 2. The zero-order valence-electron chi connectivity index (χ0n) is 32.2. The van der Waals surface area contributed by atoms with Gasteiger partial charge < -0.3 is 74.4 Å². The first-order valence-corrected chi connectivity index (χ1v) is 18.2. The number of aliphatic hydroxyl groups is 2. The summed E-state index contributed by atoms with van der Waals surface area (Å²) in [7, 11) is 0. The summed E-state index contributed by atoms with van der Waals surface area (Å²) in [5.41, 5.74) is 10.4. The predicted molar refractivity (Wildman–Crippen MR) is 196 cm³/mol. The van der Waals surface area contributed by atoms with Crippen molar-refractivity contribution in [2.45, 2.75) is 127 Å². The lowest BCUT2D eigenvalue weighted by atomic mass is 10.1. The lowest BCUT2D eigenvalue weighted by molar-refractivity contribution is -0.139. The minimum atomic E-state index is -1.79. The summed E-state index contributed by atoms with van der Waals surface area (Å²) in [6, 6.07) is -9.95. The van der Waals surface area contributed by atoms with Crippen LogP contribution in [0.25, 0.3) is 0 Å². The number of carbonyl (C=O) groups is 11. The summed E-state index contributed by atoms with van der Waals surface area (Å²) < 4.78 is 0. The van der Waals surface area contributed by atoms with E-state index in [9.17, 15) is 68.1 Å². The number of nitrogens with two attached hydrogens (primary N) is 2. The number of carbonyl (C=O) groups excluding carboxylic acids is 9. The predicted octanol–water partition coefficient (Wildman–Crippen LogP) is -6.97. The van der Waals surface area contributed by atoms with Crippen molar-refractivity contribution < 1.29 is 73.2 Å². The Labute approximate surface area is 331 Å². The van der Waals surface area contributed by atoms with Crippen LogP contribution >= 0.6 is 0 Å². The van der Waals surface area contributed by atoms with E-state index in [-0.39, 0.29) is 0 Å². The molecule has 16 N–H and O–H groups in total. The minimum absolute atomic E-state index is 0.457. The van der Waals surface area contributed by atoms with Crippen molar-refractivity contribution >= 4 is 65.1 Å². The van der Waals surface area contributed by atoms with Gasteiger partial charge in [-0.05, 0) is 59.4 Å². The van der Waals surface area contributed by atoms with Crippen LogP contribution in [0.1, 0.15) is 72.1 Å². The van der Waals surface area contributed by atoms with E-state index in [0.29, 0.717) is 13.0 Å². The average Bonchev–Trinajstić information content (AvgIpc) is 3.68. The van der Waals surface area contributed by atoms with Gasteiger partial charge in [0.15, 0.2) is 0 Å². The molecule has 1 saturated heterocycles. The fourth-order valence-electron chi connectivity index (χ4n) is 5.35. The van der Waals surface area contributed by atoms with Crippen molar-refractivity contribution in [2.75, 3.05) is 13.1 Å². The first-order chi connectivity index (χ1) is 27.0. The Morgan fingerprint density at radius 2 is 1.09 bits per heavy atom. The number of aliphatic hydroxyl groups excluding tert-OH is 2. The van der Waals surface area contributed by atoms with Gasteiger partial charge in [0.1, 0.15) is 36.3 Å². The number of amides is 9. The maximum Gasteiger partial charge on any atom is 0.303 e. The van der Waals surface area contributed by atoms with Gasteiger partial charge in [-0.2, -0.15) is 0 Å². The number of rotatable bonds is 26. The third-order valence-electron chi connectivity index (χ3n) is 8.59. The van der Waals surface area contributed by atoms with Crippen molar-refractivity contribution in [1.29, 1.82) is 0 Å². The lowest BCUT2D eigenvalue weighted by Crippen LogP contribution is -2.60. The molecule has 0 radical (unpaired) electrons. The number of hydrogen-bond donors (Lipinski definition) is 14. The van der Waals surface area contributed by atoms with Crippen molar-refractivity contribution in [2.24, 2.45) is 11.5 Å². The molecule has 1 aliphatic heterocycles. The van der Waals surface area contributed by atoms with E-state index in [1.165, 1.54) is 6.92 Å². The van der Waals surface area contributed by atoms with Gasteiger partial charge in [0.2, 0.25) is 53.2 Å². The van der Waals surface area contributed by atoms with E-state index in [0.717, 1.165) is 20.3 Å². The lowest BCUT2D eigenvalue weighted by Gasteiger charge is -2.26. The number of nitrogens with one attached hydrogen (secondary N) is 8. The van der Waals surface area contributed by atoms with Gasteiger partial charge in [-0.15, -0.1) is 0 Å². The van der Waals surface area contributed by atoms with Gasteiger partial charge in [0.25, 0.3) is 0 Å². The molecule has 0 aliphatic carbocycles. The average molecular weight is 831 g/mol. The molecule has 1 heterocycles. The molecule has 0 spiro atoms. The summed E-state index contributed by atoms with van der Waals surface area (Å²) >= 11 is 0. The first kappa shape index (κ1) is 50.1. The number of carboxylic acid groups (broad SMARTS) is 2. The maximum atomic E-state index is 13.2. The maximum absolute atomic E-state index is 13.2. The zero-order chi connectivity index (χ0) is 44.3. The molecule has 1 fully saturated rings. The highest BCUT2D eigenvalue weighted by atomic mass is 16.4. The van der Waals surface area contributed by atoms with Gasteiger partial charge in [-0.1, -0.05) is 0 Å². The third-order valence-corrected chi connectivity index (χ3v) is 8.59.